The van der Waals surface area contributed by atoms with E-state index in [-0.39, 0.29) is 0 Å². The Balaban J connectivity index is 1.97. The number of anilines is 2. The van der Waals surface area contributed by atoms with E-state index < -0.39 is 0 Å². The van der Waals surface area contributed by atoms with Crippen molar-refractivity contribution in [3.05, 3.63) is 70.8 Å². The minimum atomic E-state index is 0.599. The van der Waals surface area contributed by atoms with Crippen LogP contribution in [0.3, 0.4) is 0 Å². The standard InChI is InChI=1S/C17H14BrN3/c1-12-11-19-17(20-15-8-3-2-4-9-15)21-16(12)13-6-5-7-14(18)10-13/h2-11H,1H3,(H,19,20,21). The average Bonchev–Trinajstić information content (AvgIpc) is 2.50. The summed E-state index contributed by atoms with van der Waals surface area (Å²) in [6.07, 6.45) is 1.84. The molecule has 0 fully saturated rings. The fraction of sp³-hybridized carbons (Fsp3) is 0.0588. The van der Waals surface area contributed by atoms with E-state index in [1.807, 2.05) is 61.7 Å². The van der Waals surface area contributed by atoms with E-state index in [2.05, 4.69) is 37.3 Å². The molecule has 21 heavy (non-hydrogen) atoms. The van der Waals surface area contributed by atoms with Gasteiger partial charge in [-0.1, -0.05) is 46.3 Å². The molecule has 1 N–H and O–H groups in total. The Kier molecular flexibility index (Phi) is 3.97. The van der Waals surface area contributed by atoms with Gasteiger partial charge in [0.2, 0.25) is 5.95 Å². The van der Waals surface area contributed by atoms with Gasteiger partial charge >= 0.3 is 0 Å². The van der Waals surface area contributed by atoms with Gasteiger partial charge < -0.3 is 5.32 Å². The molecule has 0 atom stereocenters. The highest BCUT2D eigenvalue weighted by molar-refractivity contribution is 9.10. The molecule has 0 saturated heterocycles. The van der Waals surface area contributed by atoms with Crippen molar-refractivity contribution in [3.8, 4) is 11.3 Å². The molecule has 0 saturated carbocycles. The molecule has 1 heterocycles. The van der Waals surface area contributed by atoms with Crippen LogP contribution in [0.25, 0.3) is 11.3 Å². The first-order chi connectivity index (χ1) is 10.2. The Morgan fingerprint density at radius 1 is 1.00 bits per heavy atom. The van der Waals surface area contributed by atoms with Crippen LogP contribution in [0.1, 0.15) is 5.56 Å². The largest absolute Gasteiger partial charge is 0.324 e. The predicted octanol–water partition coefficient (Wildman–Crippen LogP) is 4.96. The highest BCUT2D eigenvalue weighted by atomic mass is 79.9. The third kappa shape index (κ3) is 3.28. The first-order valence-corrected chi connectivity index (χ1v) is 7.43. The summed E-state index contributed by atoms with van der Waals surface area (Å²) in [5.74, 6) is 0.599. The van der Waals surface area contributed by atoms with Crippen molar-refractivity contribution < 1.29 is 0 Å². The number of aryl methyl sites for hydroxylation is 1. The molecule has 0 aliphatic rings. The first kappa shape index (κ1) is 13.8. The van der Waals surface area contributed by atoms with E-state index in [0.29, 0.717) is 5.95 Å². The molecular weight excluding hydrogens is 326 g/mol. The Labute approximate surface area is 132 Å². The van der Waals surface area contributed by atoms with Gasteiger partial charge in [-0.2, -0.15) is 0 Å². The van der Waals surface area contributed by atoms with Crippen LogP contribution in [0.15, 0.2) is 65.3 Å². The van der Waals surface area contributed by atoms with Gasteiger partial charge in [0.25, 0.3) is 0 Å². The number of hydrogen-bond donors (Lipinski definition) is 1. The van der Waals surface area contributed by atoms with E-state index in [4.69, 9.17) is 0 Å². The average molecular weight is 340 g/mol. The second kappa shape index (κ2) is 6.06. The zero-order valence-electron chi connectivity index (χ0n) is 11.5. The molecule has 0 aliphatic carbocycles. The van der Waals surface area contributed by atoms with E-state index >= 15 is 0 Å². The quantitative estimate of drug-likeness (QED) is 0.732. The van der Waals surface area contributed by atoms with Crippen LogP contribution >= 0.6 is 15.9 Å². The number of aromatic nitrogens is 2. The van der Waals surface area contributed by atoms with Crippen molar-refractivity contribution in [1.29, 1.82) is 0 Å². The molecule has 0 aliphatic heterocycles. The maximum Gasteiger partial charge on any atom is 0.227 e. The van der Waals surface area contributed by atoms with Gasteiger partial charge in [0.15, 0.2) is 0 Å². The number of nitrogens with one attached hydrogen (secondary N) is 1. The third-order valence-corrected chi connectivity index (χ3v) is 3.59. The zero-order valence-corrected chi connectivity index (χ0v) is 13.1. The lowest BCUT2D eigenvalue weighted by Gasteiger charge is -2.09. The molecule has 0 unspecified atom stereocenters. The number of para-hydroxylation sites is 1. The van der Waals surface area contributed by atoms with Crippen molar-refractivity contribution in [2.45, 2.75) is 6.92 Å². The smallest absolute Gasteiger partial charge is 0.227 e. The van der Waals surface area contributed by atoms with Gasteiger partial charge in [0.1, 0.15) is 0 Å². The molecule has 1 aromatic heterocycles. The van der Waals surface area contributed by atoms with Crippen LogP contribution in [0, 0.1) is 6.92 Å². The molecule has 104 valence electrons. The molecule has 0 amide bonds. The fourth-order valence-corrected chi connectivity index (χ4v) is 2.48. The maximum atomic E-state index is 4.64. The first-order valence-electron chi connectivity index (χ1n) is 6.64. The number of benzene rings is 2. The highest BCUT2D eigenvalue weighted by Crippen LogP contribution is 2.25. The van der Waals surface area contributed by atoms with Crippen LogP contribution in [0.5, 0.6) is 0 Å². The topological polar surface area (TPSA) is 37.8 Å². The van der Waals surface area contributed by atoms with Gasteiger partial charge in [-0.25, -0.2) is 9.97 Å². The van der Waals surface area contributed by atoms with E-state index in [1.54, 1.807) is 0 Å². The minimum Gasteiger partial charge on any atom is -0.324 e. The third-order valence-electron chi connectivity index (χ3n) is 3.10. The SMILES string of the molecule is Cc1cnc(Nc2ccccc2)nc1-c1cccc(Br)c1. The Bertz CT molecular complexity index is 757. The lowest BCUT2D eigenvalue weighted by molar-refractivity contribution is 1.14. The lowest BCUT2D eigenvalue weighted by Crippen LogP contribution is -1.99. The van der Waals surface area contributed by atoms with Crippen molar-refractivity contribution >= 4 is 27.6 Å². The predicted molar refractivity (Wildman–Crippen MR) is 89.6 cm³/mol. The van der Waals surface area contributed by atoms with Crippen LogP contribution in [0.2, 0.25) is 0 Å². The molecular formula is C17H14BrN3. The second-order valence-electron chi connectivity index (χ2n) is 4.73. The van der Waals surface area contributed by atoms with Crippen molar-refractivity contribution in [2.24, 2.45) is 0 Å². The second-order valence-corrected chi connectivity index (χ2v) is 5.64. The summed E-state index contributed by atoms with van der Waals surface area (Å²) in [5, 5.41) is 3.22. The van der Waals surface area contributed by atoms with Gasteiger partial charge in [0, 0.05) is 21.9 Å². The van der Waals surface area contributed by atoms with Gasteiger partial charge in [-0.15, -0.1) is 0 Å². The molecule has 3 rings (SSSR count). The van der Waals surface area contributed by atoms with Crippen molar-refractivity contribution in [2.75, 3.05) is 5.32 Å². The van der Waals surface area contributed by atoms with Crippen LogP contribution in [-0.4, -0.2) is 9.97 Å². The lowest BCUT2D eigenvalue weighted by atomic mass is 10.1. The minimum absolute atomic E-state index is 0.599. The zero-order chi connectivity index (χ0) is 14.7. The van der Waals surface area contributed by atoms with Gasteiger partial charge in [-0.3, -0.25) is 0 Å². The van der Waals surface area contributed by atoms with Gasteiger partial charge in [0.05, 0.1) is 5.69 Å². The van der Waals surface area contributed by atoms with E-state index in [1.165, 1.54) is 0 Å². The number of rotatable bonds is 3. The van der Waals surface area contributed by atoms with Gasteiger partial charge in [-0.05, 0) is 36.8 Å². The Morgan fingerprint density at radius 3 is 2.57 bits per heavy atom. The summed E-state index contributed by atoms with van der Waals surface area (Å²) in [6, 6.07) is 18.0. The Morgan fingerprint density at radius 2 is 1.81 bits per heavy atom. The molecule has 0 radical (unpaired) electrons. The van der Waals surface area contributed by atoms with Crippen molar-refractivity contribution in [1.82, 2.24) is 9.97 Å². The number of halogens is 1. The number of hydrogen-bond acceptors (Lipinski definition) is 3. The molecule has 0 bridgehead atoms. The summed E-state index contributed by atoms with van der Waals surface area (Å²) in [5.41, 5.74) is 4.03. The summed E-state index contributed by atoms with van der Waals surface area (Å²) in [4.78, 5) is 8.98. The Hall–Kier alpha value is -2.20. The summed E-state index contributed by atoms with van der Waals surface area (Å²) in [6.45, 7) is 2.02. The van der Waals surface area contributed by atoms with E-state index in [9.17, 15) is 0 Å². The van der Waals surface area contributed by atoms with E-state index in [0.717, 1.165) is 27.0 Å². The molecule has 2 aromatic carbocycles. The fourth-order valence-electron chi connectivity index (χ4n) is 2.08. The molecule has 3 aromatic rings. The normalized spacial score (nSPS) is 10.4. The monoisotopic (exact) mass is 339 g/mol. The summed E-state index contributed by atoms with van der Waals surface area (Å²) >= 11 is 3.50. The van der Waals surface area contributed by atoms with Crippen LogP contribution in [-0.2, 0) is 0 Å². The molecule has 4 heteroatoms. The summed E-state index contributed by atoms with van der Waals surface area (Å²) in [7, 11) is 0. The molecule has 3 nitrogen and oxygen atoms in total. The maximum absolute atomic E-state index is 4.64. The van der Waals surface area contributed by atoms with Crippen LogP contribution < -0.4 is 5.32 Å². The summed E-state index contributed by atoms with van der Waals surface area (Å²) < 4.78 is 1.04. The molecule has 0 spiro atoms. The van der Waals surface area contributed by atoms with Crippen molar-refractivity contribution in [3.63, 3.8) is 0 Å². The number of nitrogens with zero attached hydrogens (tertiary/aromatic N) is 2. The van der Waals surface area contributed by atoms with Crippen LogP contribution in [0.4, 0.5) is 11.6 Å². The highest BCUT2D eigenvalue weighted by Gasteiger charge is 2.07.